The minimum atomic E-state index is -0.234. The van der Waals surface area contributed by atoms with Gasteiger partial charge in [0.1, 0.15) is 5.75 Å². The summed E-state index contributed by atoms with van der Waals surface area (Å²) < 4.78 is 5.18. The van der Waals surface area contributed by atoms with Crippen LogP contribution in [-0.2, 0) is 4.79 Å². The van der Waals surface area contributed by atoms with Gasteiger partial charge in [-0.3, -0.25) is 20.0 Å². The lowest BCUT2D eigenvalue weighted by molar-refractivity contribution is -0.135. The number of ether oxygens (including phenoxy) is 1. The zero-order valence-electron chi connectivity index (χ0n) is 17.1. The highest BCUT2D eigenvalue weighted by Crippen LogP contribution is 2.27. The Bertz CT molecular complexity index is 808. The Balaban J connectivity index is 1.68. The van der Waals surface area contributed by atoms with Gasteiger partial charge in [-0.2, -0.15) is 0 Å². The lowest BCUT2D eigenvalue weighted by atomic mass is 9.83. The summed E-state index contributed by atoms with van der Waals surface area (Å²) >= 11 is 0. The van der Waals surface area contributed by atoms with Crippen molar-refractivity contribution in [2.75, 3.05) is 19.1 Å². The number of rotatable bonds is 7. The van der Waals surface area contributed by atoms with Gasteiger partial charge < -0.3 is 10.1 Å². The van der Waals surface area contributed by atoms with Crippen LogP contribution in [0, 0.1) is 5.92 Å². The van der Waals surface area contributed by atoms with E-state index in [4.69, 9.17) is 4.74 Å². The molecule has 3 rings (SSSR count). The Kier molecular flexibility index (Phi) is 7.11. The fourth-order valence-corrected chi connectivity index (χ4v) is 3.75. The predicted octanol–water partition coefficient (Wildman–Crippen LogP) is 3.86. The Morgan fingerprint density at radius 3 is 2.38 bits per heavy atom. The molecule has 2 N–H and O–H groups in total. The molecular weight excluding hydrogens is 366 g/mol. The molecule has 6 heteroatoms. The van der Waals surface area contributed by atoms with Crippen LogP contribution in [0.15, 0.2) is 54.6 Å². The standard InChI is InChI=1S/C23H29N3O3/c1-3-26(25-18-13-15-19(29-2)16-14-18)23(28)20-11-7-8-12-21(20)24-22(27)17-9-5-4-6-10-17/h4-6,9-10,13-16,20-21,25H,3,7-8,11-12H2,1-2H3,(H,24,27)/t20-,21+/m1/s1. The zero-order valence-corrected chi connectivity index (χ0v) is 17.1. The van der Waals surface area contributed by atoms with Gasteiger partial charge in [-0.25, -0.2) is 0 Å². The highest BCUT2D eigenvalue weighted by Gasteiger charge is 2.34. The molecule has 1 fully saturated rings. The number of methoxy groups -OCH3 is 1. The van der Waals surface area contributed by atoms with E-state index in [1.807, 2.05) is 49.4 Å². The van der Waals surface area contributed by atoms with Crippen molar-refractivity contribution < 1.29 is 14.3 Å². The van der Waals surface area contributed by atoms with Crippen molar-refractivity contribution in [1.82, 2.24) is 10.3 Å². The normalized spacial score (nSPS) is 18.6. The molecule has 0 heterocycles. The average Bonchev–Trinajstić information content (AvgIpc) is 2.78. The number of amides is 2. The predicted molar refractivity (Wildman–Crippen MR) is 114 cm³/mol. The fraction of sp³-hybridized carbons (Fsp3) is 0.391. The first-order valence-electron chi connectivity index (χ1n) is 10.2. The number of carbonyl (C=O) groups is 2. The summed E-state index contributed by atoms with van der Waals surface area (Å²) in [5.74, 6) is 0.422. The molecule has 0 saturated heterocycles. The van der Waals surface area contributed by atoms with Crippen LogP contribution in [0.4, 0.5) is 5.69 Å². The van der Waals surface area contributed by atoms with E-state index in [-0.39, 0.29) is 23.8 Å². The molecule has 0 aliphatic heterocycles. The number of hydrazine groups is 1. The molecule has 2 aromatic rings. The van der Waals surface area contributed by atoms with Crippen LogP contribution in [0.5, 0.6) is 5.75 Å². The van der Waals surface area contributed by atoms with Crippen LogP contribution < -0.4 is 15.5 Å². The van der Waals surface area contributed by atoms with Gasteiger partial charge in [0.15, 0.2) is 0 Å². The molecular formula is C23H29N3O3. The molecule has 2 amide bonds. The second-order valence-corrected chi connectivity index (χ2v) is 7.26. The summed E-state index contributed by atoms with van der Waals surface area (Å²) in [7, 11) is 1.62. The SMILES string of the molecule is CCN(Nc1ccc(OC)cc1)C(=O)[C@@H]1CCCC[C@@H]1NC(=O)c1ccccc1. The minimum absolute atomic E-state index is 0.0152. The van der Waals surface area contributed by atoms with Crippen molar-refractivity contribution in [3.63, 3.8) is 0 Å². The van der Waals surface area contributed by atoms with Crippen LogP contribution in [0.3, 0.4) is 0 Å². The Hall–Kier alpha value is -3.02. The quantitative estimate of drug-likeness (QED) is 0.699. The van der Waals surface area contributed by atoms with Crippen molar-refractivity contribution >= 4 is 17.5 Å². The largest absolute Gasteiger partial charge is 0.497 e. The number of anilines is 1. The van der Waals surface area contributed by atoms with E-state index in [0.29, 0.717) is 12.1 Å². The van der Waals surface area contributed by atoms with Gasteiger partial charge in [-0.05, 0) is 56.2 Å². The summed E-state index contributed by atoms with van der Waals surface area (Å²) in [4.78, 5) is 25.9. The molecule has 2 aromatic carbocycles. The first-order chi connectivity index (χ1) is 14.1. The minimum Gasteiger partial charge on any atom is -0.497 e. The molecule has 0 bridgehead atoms. The first kappa shape index (κ1) is 20.7. The van der Waals surface area contributed by atoms with E-state index < -0.39 is 0 Å². The molecule has 0 spiro atoms. The summed E-state index contributed by atoms with van der Waals surface area (Å²) in [5.41, 5.74) is 4.64. The lowest BCUT2D eigenvalue weighted by Crippen LogP contribution is -2.50. The maximum absolute atomic E-state index is 13.3. The lowest BCUT2D eigenvalue weighted by Gasteiger charge is -2.35. The number of hydrogen-bond acceptors (Lipinski definition) is 4. The smallest absolute Gasteiger partial charge is 0.251 e. The molecule has 0 unspecified atom stereocenters. The Morgan fingerprint density at radius 2 is 1.72 bits per heavy atom. The summed E-state index contributed by atoms with van der Waals surface area (Å²) in [5, 5.41) is 4.73. The molecule has 29 heavy (non-hydrogen) atoms. The Morgan fingerprint density at radius 1 is 1.03 bits per heavy atom. The van der Waals surface area contributed by atoms with Gasteiger partial charge >= 0.3 is 0 Å². The van der Waals surface area contributed by atoms with Gasteiger partial charge in [-0.15, -0.1) is 0 Å². The van der Waals surface area contributed by atoms with Gasteiger partial charge in [0.25, 0.3) is 5.91 Å². The van der Waals surface area contributed by atoms with E-state index in [1.54, 1.807) is 24.3 Å². The van der Waals surface area contributed by atoms with Crippen LogP contribution in [0.25, 0.3) is 0 Å². The van der Waals surface area contributed by atoms with Crippen LogP contribution in [0.2, 0.25) is 0 Å². The van der Waals surface area contributed by atoms with Crippen LogP contribution >= 0.6 is 0 Å². The van der Waals surface area contributed by atoms with Gasteiger partial charge in [0.2, 0.25) is 5.91 Å². The summed E-state index contributed by atoms with van der Waals surface area (Å²) in [6.45, 7) is 2.47. The number of nitrogens with zero attached hydrogens (tertiary/aromatic N) is 1. The number of carbonyl (C=O) groups excluding carboxylic acids is 2. The summed E-state index contributed by atoms with van der Waals surface area (Å²) in [6.07, 6.45) is 3.60. The number of hydrogen-bond donors (Lipinski definition) is 2. The maximum atomic E-state index is 13.3. The molecule has 1 aliphatic carbocycles. The van der Waals surface area contributed by atoms with Crippen molar-refractivity contribution in [3.05, 3.63) is 60.2 Å². The molecule has 1 aliphatic rings. The highest BCUT2D eigenvalue weighted by atomic mass is 16.5. The van der Waals surface area contributed by atoms with Crippen molar-refractivity contribution in [1.29, 1.82) is 0 Å². The van der Waals surface area contributed by atoms with Crippen molar-refractivity contribution in [2.24, 2.45) is 5.92 Å². The third kappa shape index (κ3) is 5.28. The monoisotopic (exact) mass is 395 g/mol. The Labute approximate surface area is 172 Å². The van der Waals surface area contributed by atoms with Crippen molar-refractivity contribution in [3.8, 4) is 5.75 Å². The third-order valence-corrected chi connectivity index (χ3v) is 5.37. The van der Waals surface area contributed by atoms with E-state index >= 15 is 0 Å². The van der Waals surface area contributed by atoms with E-state index in [0.717, 1.165) is 37.1 Å². The average molecular weight is 396 g/mol. The zero-order chi connectivity index (χ0) is 20.6. The first-order valence-corrected chi connectivity index (χ1v) is 10.2. The molecule has 0 aromatic heterocycles. The highest BCUT2D eigenvalue weighted by molar-refractivity contribution is 5.94. The number of nitrogens with one attached hydrogen (secondary N) is 2. The van der Waals surface area contributed by atoms with E-state index in [1.165, 1.54) is 0 Å². The topological polar surface area (TPSA) is 70.7 Å². The molecule has 0 radical (unpaired) electrons. The van der Waals surface area contributed by atoms with E-state index in [2.05, 4.69) is 10.7 Å². The second-order valence-electron chi connectivity index (χ2n) is 7.26. The van der Waals surface area contributed by atoms with Gasteiger partial charge in [0, 0.05) is 18.2 Å². The van der Waals surface area contributed by atoms with Crippen molar-refractivity contribution in [2.45, 2.75) is 38.6 Å². The second kappa shape index (κ2) is 9.96. The van der Waals surface area contributed by atoms with Crippen LogP contribution in [-0.4, -0.2) is 36.5 Å². The molecule has 154 valence electrons. The summed E-state index contributed by atoms with van der Waals surface area (Å²) in [6, 6.07) is 16.5. The van der Waals surface area contributed by atoms with Gasteiger partial charge in [-0.1, -0.05) is 31.0 Å². The number of benzene rings is 2. The molecule has 2 atom stereocenters. The van der Waals surface area contributed by atoms with Gasteiger partial charge in [0.05, 0.1) is 18.7 Å². The van der Waals surface area contributed by atoms with Crippen LogP contribution in [0.1, 0.15) is 43.0 Å². The maximum Gasteiger partial charge on any atom is 0.251 e. The molecule has 1 saturated carbocycles. The third-order valence-electron chi connectivity index (χ3n) is 5.37. The van der Waals surface area contributed by atoms with E-state index in [9.17, 15) is 9.59 Å². The molecule has 6 nitrogen and oxygen atoms in total. The fourth-order valence-electron chi connectivity index (χ4n) is 3.75.